The van der Waals surface area contributed by atoms with Crippen LogP contribution in [0.5, 0.6) is 5.75 Å². The predicted molar refractivity (Wildman–Crippen MR) is 132 cm³/mol. The van der Waals surface area contributed by atoms with Crippen LogP contribution in [0, 0.1) is 0 Å². The fraction of sp³-hybridized carbons (Fsp3) is 0.640. The molecule has 3 rings (SSSR count). The van der Waals surface area contributed by atoms with Crippen molar-refractivity contribution >= 4 is 20.9 Å². The molecule has 0 unspecified atom stereocenters. The second-order valence-electron chi connectivity index (χ2n) is 9.96. The number of aromatic nitrogens is 1. The Bertz CT molecular complexity index is 978. The van der Waals surface area contributed by atoms with Crippen molar-refractivity contribution in [3.63, 3.8) is 0 Å². The van der Waals surface area contributed by atoms with Gasteiger partial charge in [0.2, 0.25) is 10.0 Å². The highest BCUT2D eigenvalue weighted by molar-refractivity contribution is 7.89. The molecule has 1 N–H and O–H groups in total. The molecule has 2 heterocycles. The Labute approximate surface area is 193 Å². The molecule has 1 aromatic carbocycles. The topological polar surface area (TPSA) is 71.5 Å². The molecule has 178 valence electrons. The number of hydrogen-bond acceptors (Lipinski definition) is 5. The molecule has 0 aliphatic carbocycles. The first-order valence-corrected chi connectivity index (χ1v) is 13.6. The summed E-state index contributed by atoms with van der Waals surface area (Å²) in [5.41, 5.74) is 1.82. The van der Waals surface area contributed by atoms with Gasteiger partial charge in [-0.3, -0.25) is 4.98 Å². The predicted octanol–water partition coefficient (Wildman–Crippen LogP) is 4.53. The summed E-state index contributed by atoms with van der Waals surface area (Å²) >= 11 is 0. The molecule has 0 radical (unpaired) electrons. The second-order valence-corrected chi connectivity index (χ2v) is 11.8. The van der Waals surface area contributed by atoms with Crippen LogP contribution in [-0.4, -0.2) is 55.3 Å². The summed E-state index contributed by atoms with van der Waals surface area (Å²) in [6.45, 7) is 10.5. The summed E-state index contributed by atoms with van der Waals surface area (Å²) in [6, 6.07) is 8.49. The molecule has 7 heteroatoms. The average Bonchev–Trinajstić information content (AvgIpc) is 2.71. The molecule has 1 aliphatic rings. The van der Waals surface area contributed by atoms with Crippen LogP contribution in [0.4, 0.5) is 0 Å². The van der Waals surface area contributed by atoms with E-state index in [9.17, 15) is 8.42 Å². The number of nitrogens with zero attached hydrogens (tertiary/aromatic N) is 2. The van der Waals surface area contributed by atoms with Gasteiger partial charge in [0.15, 0.2) is 0 Å². The zero-order valence-electron chi connectivity index (χ0n) is 20.1. The smallest absolute Gasteiger partial charge is 0.212 e. The monoisotopic (exact) mass is 461 g/mol. The first kappa shape index (κ1) is 24.9. The molecule has 32 heavy (non-hydrogen) atoms. The molecule has 1 aliphatic heterocycles. The minimum absolute atomic E-state index is 0.170. The number of benzene rings is 1. The number of unbranched alkanes of at least 4 members (excludes halogenated alkanes) is 1. The molecule has 2 aromatic rings. The van der Waals surface area contributed by atoms with Gasteiger partial charge >= 0.3 is 0 Å². The van der Waals surface area contributed by atoms with Crippen molar-refractivity contribution in [3.05, 3.63) is 36.0 Å². The van der Waals surface area contributed by atoms with Crippen LogP contribution in [0.1, 0.15) is 65.4 Å². The number of fused-ring (bicyclic) bond motifs is 1. The fourth-order valence-corrected chi connectivity index (χ4v) is 5.80. The van der Waals surface area contributed by atoms with Gasteiger partial charge in [-0.1, -0.05) is 19.4 Å². The number of rotatable bonds is 10. The summed E-state index contributed by atoms with van der Waals surface area (Å²) in [5, 5.41) is 1.14. The zero-order valence-corrected chi connectivity index (χ0v) is 20.9. The van der Waals surface area contributed by atoms with Crippen LogP contribution < -0.4 is 9.46 Å². The summed E-state index contributed by atoms with van der Waals surface area (Å²) in [6.07, 6.45) is 7.93. The van der Waals surface area contributed by atoms with E-state index in [0.717, 1.165) is 55.5 Å². The summed E-state index contributed by atoms with van der Waals surface area (Å²) in [4.78, 5) is 6.92. The van der Waals surface area contributed by atoms with Crippen LogP contribution in [-0.2, 0) is 16.4 Å². The van der Waals surface area contributed by atoms with E-state index in [4.69, 9.17) is 4.74 Å². The Morgan fingerprint density at radius 1 is 1.19 bits per heavy atom. The number of aryl methyl sites for hydroxylation is 1. The van der Waals surface area contributed by atoms with E-state index in [1.165, 1.54) is 18.4 Å². The summed E-state index contributed by atoms with van der Waals surface area (Å²) < 4.78 is 33.6. The quantitative estimate of drug-likeness (QED) is 0.563. The van der Waals surface area contributed by atoms with E-state index in [1.54, 1.807) is 0 Å². The number of nitrogens with one attached hydrogen (secondary N) is 1. The third-order valence-corrected chi connectivity index (χ3v) is 7.48. The van der Waals surface area contributed by atoms with Crippen molar-refractivity contribution in [2.45, 2.75) is 77.9 Å². The maximum absolute atomic E-state index is 12.2. The molecule has 0 bridgehead atoms. The van der Waals surface area contributed by atoms with Gasteiger partial charge in [-0.05, 0) is 83.2 Å². The summed E-state index contributed by atoms with van der Waals surface area (Å²) in [5.74, 6) is 1.06. The van der Waals surface area contributed by atoms with E-state index in [1.807, 2.05) is 33.0 Å². The van der Waals surface area contributed by atoms with Gasteiger partial charge in [0.25, 0.3) is 0 Å². The largest absolute Gasteiger partial charge is 0.488 e. The van der Waals surface area contributed by atoms with Crippen molar-refractivity contribution in [2.75, 3.05) is 25.4 Å². The summed E-state index contributed by atoms with van der Waals surface area (Å²) in [7, 11) is -3.23. The normalized spacial score (nSPS) is 16.5. The van der Waals surface area contributed by atoms with Crippen LogP contribution in [0.3, 0.4) is 0 Å². The lowest BCUT2D eigenvalue weighted by Crippen LogP contribution is -2.43. The molecule has 0 saturated carbocycles. The van der Waals surface area contributed by atoms with Crippen molar-refractivity contribution in [2.24, 2.45) is 0 Å². The Morgan fingerprint density at radius 3 is 2.62 bits per heavy atom. The van der Waals surface area contributed by atoms with E-state index in [-0.39, 0.29) is 11.9 Å². The van der Waals surface area contributed by atoms with Gasteiger partial charge in [-0.25, -0.2) is 13.1 Å². The van der Waals surface area contributed by atoms with Crippen molar-refractivity contribution in [1.29, 1.82) is 0 Å². The van der Waals surface area contributed by atoms with Crippen molar-refractivity contribution in [1.82, 2.24) is 14.6 Å². The highest BCUT2D eigenvalue weighted by atomic mass is 32.2. The molecule has 6 nitrogen and oxygen atoms in total. The highest BCUT2D eigenvalue weighted by Crippen LogP contribution is 2.29. The molecule has 0 atom stereocenters. The van der Waals surface area contributed by atoms with Crippen LogP contribution in [0.15, 0.2) is 30.5 Å². The number of likely N-dealkylation sites (tertiary alicyclic amines) is 1. The van der Waals surface area contributed by atoms with E-state index >= 15 is 0 Å². The van der Waals surface area contributed by atoms with Gasteiger partial charge < -0.3 is 9.64 Å². The number of sulfonamides is 1. The molecule has 1 fully saturated rings. The van der Waals surface area contributed by atoms with Crippen LogP contribution in [0.2, 0.25) is 0 Å². The first-order valence-electron chi connectivity index (χ1n) is 11.9. The van der Waals surface area contributed by atoms with Gasteiger partial charge in [0.05, 0.1) is 5.75 Å². The molecule has 0 spiro atoms. The highest BCUT2D eigenvalue weighted by Gasteiger charge is 2.23. The minimum atomic E-state index is -3.23. The zero-order chi connectivity index (χ0) is 23.2. The second kappa shape index (κ2) is 10.9. The Hall–Kier alpha value is -1.70. The SMILES string of the molecule is CCCCc1cc(OC2CCN(CCCS(=O)(=O)NC(C)(C)C)CC2)c2ncccc2c1. The number of piperidine rings is 1. The number of pyridine rings is 1. The third kappa shape index (κ3) is 7.71. The molecule has 1 aromatic heterocycles. The van der Waals surface area contributed by atoms with Crippen molar-refractivity contribution < 1.29 is 13.2 Å². The van der Waals surface area contributed by atoms with Crippen LogP contribution >= 0.6 is 0 Å². The Morgan fingerprint density at radius 2 is 1.94 bits per heavy atom. The van der Waals surface area contributed by atoms with Gasteiger partial charge in [0, 0.05) is 30.2 Å². The van der Waals surface area contributed by atoms with E-state index < -0.39 is 15.6 Å². The first-order chi connectivity index (χ1) is 15.1. The molecule has 1 saturated heterocycles. The lowest BCUT2D eigenvalue weighted by atomic mass is 10.0. The fourth-order valence-electron chi connectivity index (χ4n) is 4.26. The van der Waals surface area contributed by atoms with Gasteiger partial charge in [-0.2, -0.15) is 0 Å². The average molecular weight is 462 g/mol. The Balaban J connectivity index is 1.52. The number of hydrogen-bond donors (Lipinski definition) is 1. The molecular weight excluding hydrogens is 422 g/mol. The maximum Gasteiger partial charge on any atom is 0.212 e. The number of ether oxygens (including phenoxy) is 1. The maximum atomic E-state index is 12.2. The van der Waals surface area contributed by atoms with Gasteiger partial charge in [0.1, 0.15) is 17.4 Å². The molecule has 0 amide bonds. The van der Waals surface area contributed by atoms with E-state index in [0.29, 0.717) is 6.42 Å². The van der Waals surface area contributed by atoms with E-state index in [2.05, 4.69) is 39.7 Å². The van der Waals surface area contributed by atoms with Gasteiger partial charge in [-0.15, -0.1) is 0 Å². The third-order valence-electron chi connectivity index (χ3n) is 5.73. The standard InChI is InChI=1S/C25H39N3O3S/c1-5-6-9-20-18-21-10-7-13-26-24(21)23(19-20)31-22-11-15-28(16-12-22)14-8-17-32(29,30)27-25(2,3)4/h7,10,13,18-19,22,27H,5-6,8-9,11-12,14-17H2,1-4H3. The van der Waals surface area contributed by atoms with Crippen LogP contribution in [0.25, 0.3) is 10.9 Å². The lowest BCUT2D eigenvalue weighted by Gasteiger charge is -2.32. The Kier molecular flexibility index (Phi) is 8.53. The van der Waals surface area contributed by atoms with Crippen molar-refractivity contribution in [3.8, 4) is 5.75 Å². The lowest BCUT2D eigenvalue weighted by molar-refractivity contribution is 0.102. The molecular formula is C25H39N3O3S. The minimum Gasteiger partial charge on any atom is -0.488 e.